The zero-order valence-electron chi connectivity index (χ0n) is 18.7. The molecular formula is C26H33NO5. The molecule has 6 heteroatoms. The maximum Gasteiger partial charge on any atom is 0.342 e. The molecule has 32 heavy (non-hydrogen) atoms. The lowest BCUT2D eigenvalue weighted by molar-refractivity contribution is -0.115. The predicted molar refractivity (Wildman–Crippen MR) is 125 cm³/mol. The Labute approximate surface area is 190 Å². The highest BCUT2D eigenvalue weighted by atomic mass is 16.5. The molecule has 1 aromatic rings. The molecule has 0 aliphatic carbocycles. The highest BCUT2D eigenvalue weighted by Gasteiger charge is 2.25. The van der Waals surface area contributed by atoms with Crippen LogP contribution in [0.5, 0.6) is 5.75 Å². The second-order valence-corrected chi connectivity index (χ2v) is 7.87. The number of rotatable bonds is 6. The van der Waals surface area contributed by atoms with Crippen molar-refractivity contribution in [1.82, 2.24) is 5.32 Å². The molecule has 1 unspecified atom stereocenters. The summed E-state index contributed by atoms with van der Waals surface area (Å²) in [7, 11) is 0. The molecule has 1 aromatic carbocycles. The van der Waals surface area contributed by atoms with Crippen molar-refractivity contribution in [3.05, 3.63) is 78.1 Å². The predicted octanol–water partition coefficient (Wildman–Crippen LogP) is 4.35. The first-order chi connectivity index (χ1) is 15.4. The van der Waals surface area contributed by atoms with Gasteiger partial charge in [0.05, 0.1) is 6.10 Å². The normalized spacial score (nSPS) is 23.5. The molecule has 0 saturated heterocycles. The van der Waals surface area contributed by atoms with Gasteiger partial charge < -0.3 is 20.3 Å². The van der Waals surface area contributed by atoms with Gasteiger partial charge in [0.2, 0.25) is 5.91 Å². The summed E-state index contributed by atoms with van der Waals surface area (Å²) < 4.78 is 5.68. The molecule has 0 radical (unpaired) electrons. The van der Waals surface area contributed by atoms with Crippen LogP contribution in [0.3, 0.4) is 0 Å². The van der Waals surface area contributed by atoms with Gasteiger partial charge in [0.1, 0.15) is 17.4 Å². The summed E-state index contributed by atoms with van der Waals surface area (Å²) in [4.78, 5) is 24.6. The van der Waals surface area contributed by atoms with Gasteiger partial charge in [-0.15, -0.1) is 0 Å². The smallest absolute Gasteiger partial charge is 0.342 e. The Morgan fingerprint density at radius 2 is 2.06 bits per heavy atom. The van der Waals surface area contributed by atoms with Crippen molar-refractivity contribution in [1.29, 1.82) is 0 Å². The van der Waals surface area contributed by atoms with Gasteiger partial charge in [0.25, 0.3) is 0 Å². The summed E-state index contributed by atoms with van der Waals surface area (Å²) in [5, 5.41) is 23.4. The van der Waals surface area contributed by atoms with E-state index in [0.29, 0.717) is 24.8 Å². The molecule has 0 saturated carbocycles. The van der Waals surface area contributed by atoms with Gasteiger partial charge in [-0.25, -0.2) is 4.79 Å². The number of cyclic esters (lactones) is 1. The Balaban J connectivity index is 2.11. The molecule has 0 fully saturated rings. The number of carbonyl (C=O) groups is 2. The third-order valence-electron chi connectivity index (χ3n) is 5.25. The van der Waals surface area contributed by atoms with Gasteiger partial charge in [0, 0.05) is 25.1 Å². The van der Waals surface area contributed by atoms with Crippen molar-refractivity contribution >= 4 is 11.9 Å². The molecule has 1 aliphatic rings. The summed E-state index contributed by atoms with van der Waals surface area (Å²) >= 11 is 0. The number of amides is 1. The lowest BCUT2D eigenvalue weighted by Gasteiger charge is -2.24. The number of ether oxygens (including phenoxy) is 1. The largest absolute Gasteiger partial charge is 0.507 e. The van der Waals surface area contributed by atoms with Crippen molar-refractivity contribution in [2.75, 3.05) is 0 Å². The van der Waals surface area contributed by atoms with E-state index in [4.69, 9.17) is 4.74 Å². The maximum atomic E-state index is 12.9. The highest BCUT2D eigenvalue weighted by Crippen LogP contribution is 2.26. The van der Waals surface area contributed by atoms with Gasteiger partial charge in [0.15, 0.2) is 0 Å². The number of fused-ring (bicyclic) bond motifs is 1. The van der Waals surface area contributed by atoms with E-state index in [1.165, 1.54) is 18.3 Å². The van der Waals surface area contributed by atoms with Crippen LogP contribution in [0, 0.1) is 5.92 Å². The first kappa shape index (κ1) is 25.1. The number of aliphatic hydroxyl groups excluding tert-OH is 1. The molecule has 2 rings (SSSR count). The van der Waals surface area contributed by atoms with Crippen molar-refractivity contribution in [2.24, 2.45) is 5.92 Å². The van der Waals surface area contributed by atoms with E-state index < -0.39 is 18.2 Å². The van der Waals surface area contributed by atoms with Crippen molar-refractivity contribution < 1.29 is 24.5 Å². The number of carbonyl (C=O) groups excluding carboxylic acids is 2. The Morgan fingerprint density at radius 1 is 1.25 bits per heavy atom. The van der Waals surface area contributed by atoms with Crippen molar-refractivity contribution in [3.8, 4) is 5.75 Å². The second kappa shape index (κ2) is 13.3. The molecule has 1 aliphatic heterocycles. The molecule has 0 spiro atoms. The number of nitrogens with one attached hydrogen (secondary N) is 1. The number of esters is 1. The number of aliphatic hydroxyl groups is 1. The minimum atomic E-state index is -0.656. The van der Waals surface area contributed by atoms with E-state index in [1.807, 2.05) is 32.1 Å². The van der Waals surface area contributed by atoms with Crippen LogP contribution >= 0.6 is 0 Å². The lowest BCUT2D eigenvalue weighted by Crippen LogP contribution is -2.28. The van der Waals surface area contributed by atoms with Crippen LogP contribution in [0.4, 0.5) is 0 Å². The van der Waals surface area contributed by atoms with Gasteiger partial charge in [-0.1, -0.05) is 62.4 Å². The monoisotopic (exact) mass is 439 g/mol. The van der Waals surface area contributed by atoms with Gasteiger partial charge >= 0.3 is 5.97 Å². The summed E-state index contributed by atoms with van der Waals surface area (Å²) in [6.45, 7) is 3.96. The fourth-order valence-electron chi connectivity index (χ4n) is 3.34. The highest BCUT2D eigenvalue weighted by molar-refractivity contribution is 5.94. The van der Waals surface area contributed by atoms with E-state index in [-0.39, 0.29) is 29.6 Å². The van der Waals surface area contributed by atoms with Crippen LogP contribution in [-0.4, -0.2) is 34.3 Å². The van der Waals surface area contributed by atoms with Gasteiger partial charge in [-0.2, -0.15) is 0 Å². The minimum absolute atomic E-state index is 0.000482. The fourth-order valence-corrected chi connectivity index (χ4v) is 3.34. The minimum Gasteiger partial charge on any atom is -0.507 e. The van der Waals surface area contributed by atoms with Gasteiger partial charge in [-0.05, 0) is 36.8 Å². The molecule has 3 atom stereocenters. The molecular weight excluding hydrogens is 406 g/mol. The Hall–Kier alpha value is -3.12. The average molecular weight is 440 g/mol. The molecule has 0 bridgehead atoms. The van der Waals surface area contributed by atoms with Crippen LogP contribution in [-0.2, 0) is 16.0 Å². The SMILES string of the molecule is CC/C=C\C=C/C(=O)N/C=C/CC1C[C@@H](O)[C@@H](C)C/C=C/Cc2cccc(O)c2C(=O)O1. The first-order valence-electron chi connectivity index (χ1n) is 11.1. The van der Waals surface area contributed by atoms with Crippen LogP contribution in [0.25, 0.3) is 0 Å². The Bertz CT molecular complexity index is 884. The van der Waals surface area contributed by atoms with E-state index >= 15 is 0 Å². The fraction of sp³-hybridized carbons (Fsp3) is 0.385. The van der Waals surface area contributed by atoms with Crippen molar-refractivity contribution in [2.45, 2.75) is 58.2 Å². The number of phenols is 1. The number of hydrogen-bond acceptors (Lipinski definition) is 5. The summed E-state index contributed by atoms with van der Waals surface area (Å²) in [6.07, 6.45) is 15.3. The van der Waals surface area contributed by atoms with Crippen LogP contribution in [0.15, 0.2) is 66.9 Å². The summed E-state index contributed by atoms with van der Waals surface area (Å²) in [6, 6.07) is 4.95. The quantitative estimate of drug-likeness (QED) is 0.265. The number of phenolic OH excluding ortho intramolecular Hbond substituents is 1. The summed E-state index contributed by atoms with van der Waals surface area (Å²) in [5.74, 6) is -1.02. The maximum absolute atomic E-state index is 12.9. The van der Waals surface area contributed by atoms with E-state index in [1.54, 1.807) is 30.4 Å². The molecule has 172 valence electrons. The third-order valence-corrected chi connectivity index (χ3v) is 5.25. The Kier molecular flexibility index (Phi) is 10.5. The van der Waals surface area contributed by atoms with Crippen LogP contribution < -0.4 is 5.32 Å². The van der Waals surface area contributed by atoms with Crippen LogP contribution in [0.2, 0.25) is 0 Å². The number of hydrogen-bond donors (Lipinski definition) is 3. The molecule has 3 N–H and O–H groups in total. The summed E-state index contributed by atoms with van der Waals surface area (Å²) in [5.41, 5.74) is 0.832. The molecule has 1 amide bonds. The Morgan fingerprint density at radius 3 is 2.84 bits per heavy atom. The molecule has 1 heterocycles. The number of allylic oxidation sites excluding steroid dienone is 5. The zero-order chi connectivity index (χ0) is 23.3. The van der Waals surface area contributed by atoms with E-state index in [2.05, 4.69) is 5.32 Å². The third kappa shape index (κ3) is 8.19. The van der Waals surface area contributed by atoms with Gasteiger partial charge in [-0.3, -0.25) is 4.79 Å². The van der Waals surface area contributed by atoms with Crippen LogP contribution in [0.1, 0.15) is 55.5 Å². The second-order valence-electron chi connectivity index (χ2n) is 7.87. The standard InChI is InChI=1S/C26H33NO5/c1-3-4-5-6-16-24(30)27-17-10-14-21-18-23(29)19(2)11-7-8-12-20-13-9-15-22(28)25(20)26(31)32-21/h4-10,13,15-17,19,21,23,28-29H,3,11-12,14,18H2,1-2H3,(H,27,30)/b5-4-,8-7+,16-6-,17-10+/t19-,21?,23+/m0/s1. The van der Waals surface area contributed by atoms with Crippen molar-refractivity contribution in [3.63, 3.8) is 0 Å². The average Bonchev–Trinajstić information content (AvgIpc) is 2.76. The number of benzene rings is 1. The topological polar surface area (TPSA) is 95.9 Å². The number of aromatic hydroxyl groups is 1. The van der Waals surface area contributed by atoms with E-state index in [9.17, 15) is 19.8 Å². The van der Waals surface area contributed by atoms with E-state index in [0.717, 1.165) is 6.42 Å². The first-order valence-corrected chi connectivity index (χ1v) is 11.1. The zero-order valence-corrected chi connectivity index (χ0v) is 18.7. The molecule has 6 nitrogen and oxygen atoms in total. The lowest BCUT2D eigenvalue weighted by atomic mass is 9.93. The molecule has 0 aromatic heterocycles.